The van der Waals surface area contributed by atoms with E-state index in [1.54, 1.807) is 19.1 Å². The molecule has 0 heterocycles. The first-order valence-corrected chi connectivity index (χ1v) is 5.50. The van der Waals surface area contributed by atoms with E-state index in [9.17, 15) is 13.6 Å². The van der Waals surface area contributed by atoms with Gasteiger partial charge >= 0.3 is 6.61 Å². The molecule has 0 fully saturated rings. The fourth-order valence-corrected chi connectivity index (χ4v) is 1.35. The molecule has 0 bridgehead atoms. The summed E-state index contributed by atoms with van der Waals surface area (Å²) in [5, 5.41) is 0. The van der Waals surface area contributed by atoms with E-state index in [0.29, 0.717) is 6.41 Å². The molecule has 0 aliphatic carbocycles. The molecule has 1 atom stereocenters. The van der Waals surface area contributed by atoms with Gasteiger partial charge in [-0.05, 0) is 24.6 Å². The third-order valence-corrected chi connectivity index (χ3v) is 2.43. The Hall–Kier alpha value is -2.18. The maximum atomic E-state index is 12.0. The second-order valence-electron chi connectivity index (χ2n) is 3.83. The Morgan fingerprint density at radius 2 is 2.00 bits per heavy atom. The highest BCUT2D eigenvalue weighted by Gasteiger charge is 2.08. The topological polar surface area (TPSA) is 67.9 Å². The highest BCUT2D eigenvalue weighted by molar-refractivity contribution is 5.87. The number of hydrogen-bond acceptors (Lipinski definition) is 3. The van der Waals surface area contributed by atoms with Crippen molar-refractivity contribution in [3.05, 3.63) is 29.8 Å². The van der Waals surface area contributed by atoms with Crippen molar-refractivity contribution in [1.29, 1.82) is 0 Å². The van der Waals surface area contributed by atoms with Gasteiger partial charge in [0.25, 0.3) is 0 Å². The van der Waals surface area contributed by atoms with Gasteiger partial charge in [-0.1, -0.05) is 12.1 Å². The Labute approximate surface area is 109 Å². The summed E-state index contributed by atoms with van der Waals surface area (Å²) in [7, 11) is 1.48. The number of aliphatic imine (C=N–C) groups is 1. The minimum Gasteiger partial charge on any atom is -0.435 e. The summed E-state index contributed by atoms with van der Waals surface area (Å²) >= 11 is 0. The molecule has 0 saturated carbocycles. The lowest BCUT2D eigenvalue weighted by Gasteiger charge is -2.13. The van der Waals surface area contributed by atoms with Crippen LogP contribution in [0.15, 0.2) is 29.3 Å². The van der Waals surface area contributed by atoms with E-state index in [1.165, 1.54) is 19.2 Å². The number of halogens is 2. The number of alkyl halides is 2. The number of ether oxygens (including phenoxy) is 1. The number of hydrogen-bond donors (Lipinski definition) is 1. The molecule has 5 nitrogen and oxygen atoms in total. The molecule has 19 heavy (non-hydrogen) atoms. The van der Waals surface area contributed by atoms with Gasteiger partial charge in [0.1, 0.15) is 5.75 Å². The number of nitrogens with two attached hydrogens (primary N) is 1. The van der Waals surface area contributed by atoms with Crippen LogP contribution in [-0.4, -0.2) is 30.9 Å². The van der Waals surface area contributed by atoms with E-state index < -0.39 is 6.61 Å². The van der Waals surface area contributed by atoms with Gasteiger partial charge in [0.15, 0.2) is 5.96 Å². The molecule has 7 heteroatoms. The van der Waals surface area contributed by atoms with Crippen LogP contribution in [0.3, 0.4) is 0 Å². The molecule has 104 valence electrons. The number of carbonyl (C=O) groups excluding carboxylic acids is 1. The smallest absolute Gasteiger partial charge is 0.387 e. The molecule has 1 amide bonds. The Balaban J connectivity index is 2.77. The maximum absolute atomic E-state index is 12.0. The Morgan fingerprint density at radius 1 is 1.42 bits per heavy atom. The molecule has 1 unspecified atom stereocenters. The summed E-state index contributed by atoms with van der Waals surface area (Å²) in [6, 6.07) is 5.77. The predicted molar refractivity (Wildman–Crippen MR) is 66.9 cm³/mol. The third kappa shape index (κ3) is 4.53. The van der Waals surface area contributed by atoms with Gasteiger partial charge in [-0.3, -0.25) is 9.69 Å². The lowest BCUT2D eigenvalue weighted by atomic mass is 10.1. The van der Waals surface area contributed by atoms with Crippen LogP contribution >= 0.6 is 0 Å². The normalized spacial score (nSPS) is 13.2. The zero-order valence-electron chi connectivity index (χ0n) is 10.6. The summed E-state index contributed by atoms with van der Waals surface area (Å²) in [5.41, 5.74) is 6.35. The first kappa shape index (κ1) is 14.9. The molecule has 1 rings (SSSR count). The molecular weight excluding hydrogens is 256 g/mol. The van der Waals surface area contributed by atoms with Gasteiger partial charge in [0.05, 0.1) is 6.04 Å². The van der Waals surface area contributed by atoms with Crippen LogP contribution in [0.25, 0.3) is 0 Å². The van der Waals surface area contributed by atoms with Crippen LogP contribution in [0, 0.1) is 0 Å². The summed E-state index contributed by atoms with van der Waals surface area (Å²) in [4.78, 5) is 15.7. The fourth-order valence-electron chi connectivity index (χ4n) is 1.35. The van der Waals surface area contributed by atoms with Crippen LogP contribution in [0.4, 0.5) is 8.78 Å². The van der Waals surface area contributed by atoms with E-state index in [2.05, 4.69) is 9.73 Å². The third-order valence-electron chi connectivity index (χ3n) is 2.43. The van der Waals surface area contributed by atoms with Gasteiger partial charge in [-0.25, -0.2) is 4.99 Å². The Kier molecular flexibility index (Phi) is 5.23. The van der Waals surface area contributed by atoms with Crippen molar-refractivity contribution in [1.82, 2.24) is 4.90 Å². The highest BCUT2D eigenvalue weighted by atomic mass is 19.3. The maximum Gasteiger partial charge on any atom is 0.387 e. The Bertz CT molecular complexity index is 449. The SMILES string of the molecule is CC(N=C(N)N(C)C=O)c1ccc(OC(F)F)cc1. The molecule has 0 radical (unpaired) electrons. The van der Waals surface area contributed by atoms with Crippen molar-refractivity contribution < 1.29 is 18.3 Å². The average Bonchev–Trinajstić information content (AvgIpc) is 2.37. The minimum absolute atomic E-state index is 0.0768. The van der Waals surface area contributed by atoms with E-state index in [0.717, 1.165) is 10.5 Å². The van der Waals surface area contributed by atoms with Crippen LogP contribution in [-0.2, 0) is 4.79 Å². The van der Waals surface area contributed by atoms with Crippen LogP contribution in [0.5, 0.6) is 5.75 Å². The molecule has 0 aliphatic rings. The van der Waals surface area contributed by atoms with Crippen molar-refractivity contribution in [2.24, 2.45) is 10.7 Å². The van der Waals surface area contributed by atoms with Crippen LogP contribution < -0.4 is 10.5 Å². The van der Waals surface area contributed by atoms with Crippen molar-refractivity contribution >= 4 is 12.4 Å². The number of rotatable bonds is 5. The second kappa shape index (κ2) is 6.67. The molecule has 1 aromatic carbocycles. The molecule has 0 aromatic heterocycles. The number of carbonyl (C=O) groups is 1. The fraction of sp³-hybridized carbons (Fsp3) is 0.333. The molecule has 0 aliphatic heterocycles. The molecule has 0 spiro atoms. The lowest BCUT2D eigenvalue weighted by molar-refractivity contribution is -0.114. The first-order chi connectivity index (χ1) is 8.93. The van der Waals surface area contributed by atoms with Gasteiger partial charge < -0.3 is 10.5 Å². The van der Waals surface area contributed by atoms with E-state index in [4.69, 9.17) is 5.73 Å². The number of nitrogens with zero attached hydrogens (tertiary/aromatic N) is 2. The monoisotopic (exact) mass is 271 g/mol. The minimum atomic E-state index is -2.85. The van der Waals surface area contributed by atoms with E-state index in [1.807, 2.05) is 0 Å². The Morgan fingerprint density at radius 3 is 2.47 bits per heavy atom. The predicted octanol–water partition coefficient (Wildman–Crippen LogP) is 1.75. The van der Waals surface area contributed by atoms with Crippen LogP contribution in [0.2, 0.25) is 0 Å². The lowest BCUT2D eigenvalue weighted by Crippen LogP contribution is -2.33. The highest BCUT2D eigenvalue weighted by Crippen LogP contribution is 2.21. The van der Waals surface area contributed by atoms with Crippen molar-refractivity contribution in [2.75, 3.05) is 7.05 Å². The summed E-state index contributed by atoms with van der Waals surface area (Å²) in [6.07, 6.45) is 0.547. The van der Waals surface area contributed by atoms with Gasteiger partial charge in [0.2, 0.25) is 6.41 Å². The zero-order chi connectivity index (χ0) is 14.4. The largest absolute Gasteiger partial charge is 0.435 e. The molecule has 0 saturated heterocycles. The number of guanidine groups is 1. The van der Waals surface area contributed by atoms with Crippen molar-refractivity contribution in [3.63, 3.8) is 0 Å². The van der Waals surface area contributed by atoms with Crippen molar-refractivity contribution in [2.45, 2.75) is 19.6 Å². The van der Waals surface area contributed by atoms with E-state index in [-0.39, 0.29) is 17.8 Å². The van der Waals surface area contributed by atoms with Gasteiger partial charge in [-0.2, -0.15) is 8.78 Å². The quantitative estimate of drug-likeness (QED) is 0.504. The number of amides is 1. The molecular formula is C12H15F2N3O2. The van der Waals surface area contributed by atoms with Gasteiger partial charge in [0, 0.05) is 7.05 Å². The first-order valence-electron chi connectivity index (χ1n) is 5.50. The van der Waals surface area contributed by atoms with Crippen molar-refractivity contribution in [3.8, 4) is 5.75 Å². The van der Waals surface area contributed by atoms with E-state index >= 15 is 0 Å². The summed E-state index contributed by atoms with van der Waals surface area (Å²) in [5.74, 6) is 0.156. The standard InChI is InChI=1S/C12H15F2N3O2/c1-8(16-12(15)17(2)7-18)9-3-5-10(6-4-9)19-11(13)14/h3-8,11H,1-2H3,(H2,15,16). The average molecular weight is 271 g/mol. The van der Waals surface area contributed by atoms with Gasteiger partial charge in [-0.15, -0.1) is 0 Å². The summed E-state index contributed by atoms with van der Waals surface area (Å²) in [6.45, 7) is -1.08. The zero-order valence-corrected chi connectivity index (χ0v) is 10.6. The van der Waals surface area contributed by atoms with Crippen LogP contribution in [0.1, 0.15) is 18.5 Å². The molecule has 1 aromatic rings. The number of benzene rings is 1. The summed E-state index contributed by atoms with van der Waals surface area (Å²) < 4.78 is 28.2. The second-order valence-corrected chi connectivity index (χ2v) is 3.83. The molecule has 2 N–H and O–H groups in total.